The third-order valence-corrected chi connectivity index (χ3v) is 4.76. The first-order valence-electron chi connectivity index (χ1n) is 9.64. The molecule has 0 radical (unpaired) electrons. The lowest BCUT2D eigenvalue weighted by Crippen LogP contribution is -2.05. The van der Waals surface area contributed by atoms with Gasteiger partial charge in [0, 0.05) is 24.8 Å². The largest absolute Gasteiger partial charge is 0.234 e. The Bertz CT molecular complexity index is 898. The Balaban J connectivity index is 1.72. The minimum Gasteiger partial charge on any atom is -0.234 e. The van der Waals surface area contributed by atoms with Crippen LogP contribution in [0.2, 0.25) is 0 Å². The average Bonchev–Trinajstić information content (AvgIpc) is 2.72. The number of aromatic nitrogens is 4. The van der Waals surface area contributed by atoms with E-state index < -0.39 is 11.6 Å². The molecule has 1 atom stereocenters. The van der Waals surface area contributed by atoms with E-state index in [4.69, 9.17) is 0 Å². The molecule has 0 N–H and O–H groups in total. The molecule has 3 rings (SSSR count). The van der Waals surface area contributed by atoms with Crippen LogP contribution in [0, 0.1) is 11.6 Å². The van der Waals surface area contributed by atoms with Crippen LogP contribution in [0.15, 0.2) is 43.0 Å². The Morgan fingerprint density at radius 1 is 0.929 bits per heavy atom. The second-order valence-corrected chi connectivity index (χ2v) is 7.03. The number of aryl methyl sites for hydroxylation is 1. The van der Waals surface area contributed by atoms with Crippen LogP contribution in [0.1, 0.15) is 55.7 Å². The summed E-state index contributed by atoms with van der Waals surface area (Å²) in [6.07, 6.45) is 10.9. The molecular weight excluding hydrogens is 358 g/mol. The lowest BCUT2D eigenvalue weighted by Gasteiger charge is -2.15. The van der Waals surface area contributed by atoms with Gasteiger partial charge in [-0.1, -0.05) is 32.8 Å². The van der Waals surface area contributed by atoms with Gasteiger partial charge in [0.15, 0.2) is 23.3 Å². The number of hydrogen-bond acceptors (Lipinski definition) is 4. The van der Waals surface area contributed by atoms with Gasteiger partial charge in [-0.05, 0) is 54.0 Å². The van der Waals surface area contributed by atoms with Gasteiger partial charge in [0.1, 0.15) is 0 Å². The number of nitrogens with zero attached hydrogens (tertiary/aromatic N) is 4. The molecule has 0 aliphatic heterocycles. The van der Waals surface area contributed by atoms with E-state index in [1.807, 2.05) is 6.92 Å². The fourth-order valence-corrected chi connectivity index (χ4v) is 3.16. The zero-order valence-corrected chi connectivity index (χ0v) is 16.2. The fourth-order valence-electron chi connectivity index (χ4n) is 3.16. The van der Waals surface area contributed by atoms with E-state index in [-0.39, 0.29) is 5.92 Å². The van der Waals surface area contributed by atoms with Crippen molar-refractivity contribution in [1.82, 2.24) is 19.9 Å². The Morgan fingerprint density at radius 2 is 1.61 bits per heavy atom. The molecule has 4 nitrogen and oxygen atoms in total. The molecule has 0 amide bonds. The maximum atomic E-state index is 14.1. The van der Waals surface area contributed by atoms with E-state index >= 15 is 0 Å². The summed E-state index contributed by atoms with van der Waals surface area (Å²) in [6, 6.07) is 4.83. The van der Waals surface area contributed by atoms with Crippen molar-refractivity contribution < 1.29 is 8.78 Å². The van der Waals surface area contributed by atoms with Crippen LogP contribution in [-0.2, 0) is 12.8 Å². The summed E-state index contributed by atoms with van der Waals surface area (Å²) in [5.41, 5.74) is 2.17. The first kappa shape index (κ1) is 20.0. The van der Waals surface area contributed by atoms with Crippen molar-refractivity contribution in [3.63, 3.8) is 0 Å². The van der Waals surface area contributed by atoms with Crippen molar-refractivity contribution in [2.24, 2.45) is 0 Å². The third kappa shape index (κ3) is 4.94. The molecule has 3 aromatic rings. The summed E-state index contributed by atoms with van der Waals surface area (Å²) in [6.45, 7) is 4.09. The summed E-state index contributed by atoms with van der Waals surface area (Å²) in [7, 11) is 0. The van der Waals surface area contributed by atoms with E-state index in [2.05, 4.69) is 26.9 Å². The van der Waals surface area contributed by atoms with Crippen molar-refractivity contribution in [2.75, 3.05) is 0 Å². The van der Waals surface area contributed by atoms with Gasteiger partial charge in [-0.15, -0.1) is 0 Å². The molecule has 0 saturated carbocycles. The predicted octanol–water partition coefficient (Wildman–Crippen LogP) is 5.29. The third-order valence-electron chi connectivity index (χ3n) is 4.76. The van der Waals surface area contributed by atoms with E-state index in [1.165, 1.54) is 6.07 Å². The highest BCUT2D eigenvalue weighted by atomic mass is 19.2. The van der Waals surface area contributed by atoms with E-state index in [0.717, 1.165) is 30.4 Å². The average molecular weight is 382 g/mol. The van der Waals surface area contributed by atoms with Crippen LogP contribution in [0.4, 0.5) is 8.78 Å². The summed E-state index contributed by atoms with van der Waals surface area (Å²) in [5.74, 6) is -0.545. The minimum atomic E-state index is -0.774. The summed E-state index contributed by atoms with van der Waals surface area (Å²) in [4.78, 5) is 16.9. The molecule has 0 bridgehead atoms. The van der Waals surface area contributed by atoms with Crippen LogP contribution in [0.5, 0.6) is 0 Å². The maximum absolute atomic E-state index is 14.1. The number of benzene rings is 1. The molecule has 1 aromatic carbocycles. The van der Waals surface area contributed by atoms with Gasteiger partial charge in [-0.25, -0.2) is 28.7 Å². The molecule has 28 heavy (non-hydrogen) atoms. The van der Waals surface area contributed by atoms with Gasteiger partial charge >= 0.3 is 0 Å². The van der Waals surface area contributed by atoms with Crippen LogP contribution in [0.25, 0.3) is 11.6 Å². The number of hydrogen-bond donors (Lipinski definition) is 0. The lowest BCUT2D eigenvalue weighted by atomic mass is 9.92. The number of halogens is 2. The zero-order chi connectivity index (χ0) is 19.9. The topological polar surface area (TPSA) is 51.6 Å². The monoisotopic (exact) mass is 382 g/mol. The van der Waals surface area contributed by atoms with Crippen molar-refractivity contribution >= 4 is 0 Å². The Morgan fingerprint density at radius 3 is 2.29 bits per heavy atom. The highest BCUT2D eigenvalue weighted by molar-refractivity contribution is 5.41. The van der Waals surface area contributed by atoms with Crippen molar-refractivity contribution in [3.05, 3.63) is 71.3 Å². The SMILES string of the molecule is CCCCCc1cc(C(C)Cc2cnc(-c3ncccn3)nc2)cc(F)c1F. The fraction of sp³-hybridized carbons (Fsp3) is 0.364. The second kappa shape index (κ2) is 9.44. The second-order valence-electron chi connectivity index (χ2n) is 7.03. The molecule has 0 saturated heterocycles. The van der Waals surface area contributed by atoms with Gasteiger partial charge in [0.05, 0.1) is 0 Å². The molecular formula is C22H24F2N4. The molecule has 2 heterocycles. The van der Waals surface area contributed by atoms with Crippen LogP contribution < -0.4 is 0 Å². The predicted molar refractivity (Wildman–Crippen MR) is 105 cm³/mol. The summed E-state index contributed by atoms with van der Waals surface area (Å²) in [5, 5.41) is 0. The van der Waals surface area contributed by atoms with Gasteiger partial charge in [-0.2, -0.15) is 0 Å². The van der Waals surface area contributed by atoms with Crippen LogP contribution in [-0.4, -0.2) is 19.9 Å². The molecule has 0 fully saturated rings. The molecule has 6 heteroatoms. The normalized spacial score (nSPS) is 12.1. The van der Waals surface area contributed by atoms with Gasteiger partial charge in [0.25, 0.3) is 0 Å². The lowest BCUT2D eigenvalue weighted by molar-refractivity contribution is 0.493. The Labute approximate surface area is 164 Å². The Hall–Kier alpha value is -2.76. The van der Waals surface area contributed by atoms with E-state index in [1.54, 1.807) is 36.9 Å². The van der Waals surface area contributed by atoms with Crippen molar-refractivity contribution in [2.45, 2.75) is 51.9 Å². The maximum Gasteiger partial charge on any atom is 0.197 e. The molecule has 146 valence electrons. The van der Waals surface area contributed by atoms with Gasteiger partial charge in [0.2, 0.25) is 0 Å². The molecule has 0 spiro atoms. The highest BCUT2D eigenvalue weighted by Gasteiger charge is 2.15. The van der Waals surface area contributed by atoms with E-state index in [0.29, 0.717) is 30.1 Å². The minimum absolute atomic E-state index is 0.0162. The molecule has 2 aromatic heterocycles. The highest BCUT2D eigenvalue weighted by Crippen LogP contribution is 2.25. The smallest absolute Gasteiger partial charge is 0.197 e. The summed E-state index contributed by atoms with van der Waals surface area (Å²) >= 11 is 0. The van der Waals surface area contributed by atoms with Crippen molar-refractivity contribution in [3.8, 4) is 11.6 Å². The first-order valence-corrected chi connectivity index (χ1v) is 9.64. The van der Waals surface area contributed by atoms with Crippen LogP contribution in [0.3, 0.4) is 0 Å². The molecule has 0 aliphatic rings. The Kier molecular flexibility index (Phi) is 6.74. The molecule has 1 unspecified atom stereocenters. The standard InChI is InChI=1S/C22H24F2N4/c1-3-4-5-7-17-11-18(12-19(23)20(17)24)15(2)10-16-13-27-22(28-14-16)21-25-8-6-9-26-21/h6,8-9,11-15H,3-5,7,10H2,1-2H3. The van der Waals surface area contributed by atoms with Gasteiger partial charge in [-0.3, -0.25) is 0 Å². The van der Waals surface area contributed by atoms with Gasteiger partial charge < -0.3 is 0 Å². The van der Waals surface area contributed by atoms with Crippen molar-refractivity contribution in [1.29, 1.82) is 0 Å². The molecule has 0 aliphatic carbocycles. The first-order chi connectivity index (χ1) is 13.6. The summed E-state index contributed by atoms with van der Waals surface area (Å²) < 4.78 is 28.2. The quantitative estimate of drug-likeness (QED) is 0.497. The van der Waals surface area contributed by atoms with Crippen LogP contribution >= 0.6 is 0 Å². The zero-order valence-electron chi connectivity index (χ0n) is 16.2. The van der Waals surface area contributed by atoms with E-state index in [9.17, 15) is 8.78 Å². The number of rotatable bonds is 8. The number of unbranched alkanes of at least 4 members (excludes halogenated alkanes) is 2.